The molecule has 0 atom stereocenters. The van der Waals surface area contributed by atoms with Gasteiger partial charge in [0.25, 0.3) is 0 Å². The summed E-state index contributed by atoms with van der Waals surface area (Å²) in [7, 11) is 0. The first-order chi connectivity index (χ1) is 13.7. The summed E-state index contributed by atoms with van der Waals surface area (Å²) in [6.45, 7) is 4.01. The molecular formula is C21H24ClN5O. The van der Waals surface area contributed by atoms with Crippen LogP contribution in [-0.2, 0) is 6.54 Å². The molecule has 2 heterocycles. The van der Waals surface area contributed by atoms with Crippen molar-refractivity contribution in [2.24, 2.45) is 0 Å². The zero-order valence-electron chi connectivity index (χ0n) is 15.7. The number of fused-ring (bicyclic) bond motifs is 1. The molecule has 1 aromatic heterocycles. The average Bonchev–Trinajstić information content (AvgIpc) is 3.06. The largest absolute Gasteiger partial charge is 0.326 e. The minimum absolute atomic E-state index is 0.359. The second kappa shape index (κ2) is 8.63. The van der Waals surface area contributed by atoms with Gasteiger partial charge in [-0.15, -0.1) is 0 Å². The summed E-state index contributed by atoms with van der Waals surface area (Å²) in [6.07, 6.45) is 3.84. The smallest absolute Gasteiger partial charge is 0.309 e. The summed E-state index contributed by atoms with van der Waals surface area (Å²) < 4.78 is 2.08. The average molecular weight is 398 g/mol. The van der Waals surface area contributed by atoms with Crippen LogP contribution in [0.4, 0.5) is 16.4 Å². The van der Waals surface area contributed by atoms with Crippen molar-refractivity contribution < 1.29 is 4.79 Å². The number of anilines is 2. The van der Waals surface area contributed by atoms with Gasteiger partial charge in [-0.25, -0.2) is 9.78 Å². The van der Waals surface area contributed by atoms with Crippen LogP contribution in [0.1, 0.15) is 19.3 Å². The molecule has 0 bridgehead atoms. The van der Waals surface area contributed by atoms with Gasteiger partial charge in [0.2, 0.25) is 5.95 Å². The summed E-state index contributed by atoms with van der Waals surface area (Å²) >= 11 is 6.13. The monoisotopic (exact) mass is 397 g/mol. The van der Waals surface area contributed by atoms with E-state index in [1.807, 2.05) is 36.4 Å². The Morgan fingerprint density at radius 3 is 2.54 bits per heavy atom. The highest BCUT2D eigenvalue weighted by Gasteiger charge is 2.16. The summed E-state index contributed by atoms with van der Waals surface area (Å²) in [5.74, 6) is 0.544. The van der Waals surface area contributed by atoms with Crippen molar-refractivity contribution in [2.75, 3.05) is 30.3 Å². The highest BCUT2D eigenvalue weighted by Crippen LogP contribution is 2.22. The van der Waals surface area contributed by atoms with Crippen molar-refractivity contribution >= 4 is 40.3 Å². The van der Waals surface area contributed by atoms with E-state index in [-0.39, 0.29) is 6.03 Å². The van der Waals surface area contributed by atoms with Gasteiger partial charge in [-0.1, -0.05) is 42.3 Å². The number of carbonyl (C=O) groups excluding carboxylic acids is 1. The van der Waals surface area contributed by atoms with E-state index in [1.165, 1.54) is 19.3 Å². The van der Waals surface area contributed by atoms with Crippen molar-refractivity contribution in [3.05, 3.63) is 53.6 Å². The number of carbonyl (C=O) groups is 1. The molecule has 28 heavy (non-hydrogen) atoms. The van der Waals surface area contributed by atoms with E-state index < -0.39 is 0 Å². The number of halogens is 1. The number of nitrogens with zero attached hydrogens (tertiary/aromatic N) is 3. The number of aromatic nitrogens is 2. The summed E-state index contributed by atoms with van der Waals surface area (Å²) in [6, 6.07) is 14.8. The lowest BCUT2D eigenvalue weighted by Gasteiger charge is -2.26. The number of benzene rings is 2. The summed E-state index contributed by atoms with van der Waals surface area (Å²) in [4.78, 5) is 19.6. The van der Waals surface area contributed by atoms with Gasteiger partial charge in [0.15, 0.2) is 0 Å². The number of likely N-dealkylation sites (tertiary alicyclic amines) is 1. The number of hydrogen-bond donors (Lipinski definition) is 2. The molecule has 146 valence electrons. The first kappa shape index (κ1) is 18.8. The molecule has 0 aliphatic carbocycles. The van der Waals surface area contributed by atoms with Crippen molar-refractivity contribution in [3.8, 4) is 0 Å². The molecule has 2 amide bonds. The predicted octanol–water partition coefficient (Wildman–Crippen LogP) is 4.82. The number of nitrogens with one attached hydrogen (secondary N) is 2. The molecular weight excluding hydrogens is 374 g/mol. The zero-order valence-corrected chi connectivity index (χ0v) is 16.5. The Labute approximate surface area is 169 Å². The van der Waals surface area contributed by atoms with Crippen LogP contribution in [0.5, 0.6) is 0 Å². The van der Waals surface area contributed by atoms with Gasteiger partial charge >= 0.3 is 6.03 Å². The van der Waals surface area contributed by atoms with E-state index in [9.17, 15) is 4.79 Å². The Balaban J connectivity index is 1.52. The van der Waals surface area contributed by atoms with Crippen molar-refractivity contribution in [3.63, 3.8) is 0 Å². The zero-order chi connectivity index (χ0) is 19.3. The third kappa shape index (κ3) is 4.29. The van der Waals surface area contributed by atoms with Crippen LogP contribution in [0.2, 0.25) is 5.02 Å². The lowest BCUT2D eigenvalue weighted by molar-refractivity contribution is 0.222. The van der Waals surface area contributed by atoms with Gasteiger partial charge in [0.05, 0.1) is 21.7 Å². The molecule has 0 spiro atoms. The number of urea groups is 1. The Kier molecular flexibility index (Phi) is 5.78. The number of imidazole rings is 1. The molecule has 1 aliphatic heterocycles. The van der Waals surface area contributed by atoms with Crippen molar-refractivity contribution in [1.82, 2.24) is 14.5 Å². The SMILES string of the molecule is O=C(Nc1ccccc1Cl)Nc1nc2ccccc2n1CCN1CCCCC1. The predicted molar refractivity (Wildman–Crippen MR) is 114 cm³/mol. The quantitative estimate of drug-likeness (QED) is 0.648. The Morgan fingerprint density at radius 2 is 1.71 bits per heavy atom. The number of piperidine rings is 1. The topological polar surface area (TPSA) is 62.2 Å². The van der Waals surface area contributed by atoms with E-state index in [4.69, 9.17) is 11.6 Å². The fraction of sp³-hybridized carbons (Fsp3) is 0.333. The number of hydrogen-bond acceptors (Lipinski definition) is 3. The van der Waals surface area contributed by atoms with Gasteiger partial charge in [-0.05, 0) is 50.2 Å². The maximum Gasteiger partial charge on any atom is 0.326 e. The van der Waals surface area contributed by atoms with E-state index >= 15 is 0 Å². The fourth-order valence-electron chi connectivity index (χ4n) is 3.64. The molecule has 1 fully saturated rings. The van der Waals surface area contributed by atoms with Crippen LogP contribution in [0, 0.1) is 0 Å². The Morgan fingerprint density at radius 1 is 0.964 bits per heavy atom. The fourth-order valence-corrected chi connectivity index (χ4v) is 3.82. The van der Waals surface area contributed by atoms with Gasteiger partial charge < -0.3 is 14.8 Å². The second-order valence-electron chi connectivity index (χ2n) is 7.04. The highest BCUT2D eigenvalue weighted by atomic mass is 35.5. The van der Waals surface area contributed by atoms with Gasteiger partial charge in [-0.2, -0.15) is 0 Å². The molecule has 7 heteroatoms. The van der Waals surface area contributed by atoms with Gasteiger partial charge in [-0.3, -0.25) is 5.32 Å². The molecule has 0 saturated carbocycles. The van der Waals surface area contributed by atoms with E-state index in [2.05, 4.69) is 25.1 Å². The van der Waals surface area contributed by atoms with Crippen LogP contribution in [0.3, 0.4) is 0 Å². The highest BCUT2D eigenvalue weighted by molar-refractivity contribution is 6.33. The number of para-hydroxylation sites is 3. The van der Waals surface area contributed by atoms with Gasteiger partial charge in [0.1, 0.15) is 0 Å². The van der Waals surface area contributed by atoms with Crippen LogP contribution >= 0.6 is 11.6 Å². The third-order valence-electron chi connectivity index (χ3n) is 5.09. The van der Waals surface area contributed by atoms with Crippen LogP contribution < -0.4 is 10.6 Å². The molecule has 4 rings (SSSR count). The first-order valence-electron chi connectivity index (χ1n) is 9.71. The summed E-state index contributed by atoms with van der Waals surface area (Å²) in [5, 5.41) is 6.17. The maximum atomic E-state index is 12.5. The number of rotatable bonds is 5. The molecule has 6 nitrogen and oxygen atoms in total. The minimum Gasteiger partial charge on any atom is -0.309 e. The van der Waals surface area contributed by atoms with Crippen LogP contribution in [0.25, 0.3) is 11.0 Å². The molecule has 2 aromatic carbocycles. The van der Waals surface area contributed by atoms with Crippen molar-refractivity contribution in [1.29, 1.82) is 0 Å². The normalized spacial score (nSPS) is 14.9. The van der Waals surface area contributed by atoms with Crippen molar-refractivity contribution in [2.45, 2.75) is 25.8 Å². The molecule has 3 aromatic rings. The lowest BCUT2D eigenvalue weighted by atomic mass is 10.1. The second-order valence-corrected chi connectivity index (χ2v) is 7.44. The maximum absolute atomic E-state index is 12.5. The number of amides is 2. The van der Waals surface area contributed by atoms with Gasteiger partial charge in [0, 0.05) is 13.1 Å². The molecule has 0 unspecified atom stereocenters. The lowest BCUT2D eigenvalue weighted by Crippen LogP contribution is -2.33. The van der Waals surface area contributed by atoms with E-state index in [0.29, 0.717) is 16.7 Å². The van der Waals surface area contributed by atoms with Crippen LogP contribution in [-0.4, -0.2) is 40.1 Å². The molecule has 1 aliphatic rings. The molecule has 0 radical (unpaired) electrons. The standard InChI is InChI=1S/C21H24ClN5O/c22-16-8-2-3-9-17(16)24-21(28)25-20-23-18-10-4-5-11-19(18)27(20)15-14-26-12-6-1-7-13-26/h2-5,8-11H,1,6-7,12-15H2,(H2,23,24,25,28). The first-order valence-corrected chi connectivity index (χ1v) is 10.1. The Hall–Kier alpha value is -2.57. The molecule has 2 N–H and O–H groups in total. The summed E-state index contributed by atoms with van der Waals surface area (Å²) in [5.41, 5.74) is 2.46. The Bertz CT molecular complexity index is 964. The molecule has 1 saturated heterocycles. The van der Waals surface area contributed by atoms with Crippen LogP contribution in [0.15, 0.2) is 48.5 Å². The van der Waals surface area contributed by atoms with E-state index in [0.717, 1.165) is 37.2 Å². The van der Waals surface area contributed by atoms with E-state index in [1.54, 1.807) is 12.1 Å². The third-order valence-corrected chi connectivity index (χ3v) is 5.42. The minimum atomic E-state index is -0.359.